The molecule has 0 saturated carbocycles. The zero-order chi connectivity index (χ0) is 8.27. The van der Waals surface area contributed by atoms with Crippen molar-refractivity contribution in [1.82, 2.24) is 0 Å². The van der Waals surface area contributed by atoms with Crippen LogP contribution < -0.4 is 5.73 Å². The molecule has 0 aliphatic heterocycles. The van der Waals surface area contributed by atoms with Gasteiger partial charge in [-0.3, -0.25) is 0 Å². The van der Waals surface area contributed by atoms with Gasteiger partial charge >= 0.3 is 5.97 Å². The summed E-state index contributed by atoms with van der Waals surface area (Å²) in [5.41, 5.74) is 6.05. The molecule has 0 spiro atoms. The lowest BCUT2D eigenvalue weighted by Gasteiger charge is -1.99. The summed E-state index contributed by atoms with van der Waals surface area (Å²) in [4.78, 5) is 10.5. The van der Waals surface area contributed by atoms with Gasteiger partial charge in [0.25, 0.3) is 0 Å². The monoisotopic (exact) mass is 169 g/mol. The van der Waals surface area contributed by atoms with Gasteiger partial charge in [0.2, 0.25) is 0 Å². The van der Waals surface area contributed by atoms with Crippen LogP contribution in [0, 0.1) is 0 Å². The highest BCUT2D eigenvalue weighted by atomic mass is 31.0. The van der Waals surface area contributed by atoms with Gasteiger partial charge in [-0.25, -0.2) is 4.79 Å². The third-order valence-electron chi connectivity index (χ3n) is 1.31. The number of aromatic carboxylic acids is 1. The second-order valence-corrected chi connectivity index (χ2v) is 3.02. The van der Waals surface area contributed by atoms with Gasteiger partial charge in [-0.1, -0.05) is 20.3 Å². The number of nitrogens with two attached hydrogens (primary N) is 1. The van der Waals surface area contributed by atoms with Crippen molar-refractivity contribution in [2.75, 3.05) is 0 Å². The largest absolute Gasteiger partial charge is 0.477 e. The molecule has 0 aliphatic carbocycles. The van der Waals surface area contributed by atoms with Gasteiger partial charge in [-0.2, -0.15) is 0 Å². The zero-order valence-electron chi connectivity index (χ0n) is 5.82. The molecule has 0 radical (unpaired) electrons. The van der Waals surface area contributed by atoms with Gasteiger partial charge in [0.05, 0.1) is 5.30 Å². The first-order chi connectivity index (χ1) is 5.25. The molecule has 1 heterocycles. The van der Waals surface area contributed by atoms with E-state index >= 15 is 0 Å². The Morgan fingerprint density at radius 3 is 2.91 bits per heavy atom. The van der Waals surface area contributed by atoms with Gasteiger partial charge in [0, 0.05) is 6.54 Å². The van der Waals surface area contributed by atoms with E-state index in [1.54, 1.807) is 11.9 Å². The minimum absolute atomic E-state index is 0.291. The zero-order valence-corrected chi connectivity index (χ0v) is 6.71. The Balaban J connectivity index is 3.12. The van der Waals surface area contributed by atoms with Crippen molar-refractivity contribution < 1.29 is 9.90 Å². The maximum absolute atomic E-state index is 10.5. The van der Waals surface area contributed by atoms with Crippen molar-refractivity contribution in [3.05, 3.63) is 28.8 Å². The number of carbonyl (C=O) groups is 1. The Bertz CT molecular complexity index is 275. The average molecular weight is 169 g/mol. The smallest absolute Gasteiger partial charge is 0.340 e. The molecule has 0 fully saturated rings. The summed E-state index contributed by atoms with van der Waals surface area (Å²) in [6.07, 6.45) is 0. The quantitative estimate of drug-likeness (QED) is 0.703. The first-order valence-corrected chi connectivity index (χ1v) is 4.09. The van der Waals surface area contributed by atoms with Crippen molar-refractivity contribution in [2.24, 2.45) is 5.73 Å². The Morgan fingerprint density at radius 2 is 2.45 bits per heavy atom. The molecule has 1 aromatic heterocycles. The molecule has 11 heavy (non-hydrogen) atoms. The minimum atomic E-state index is -0.882. The highest BCUT2D eigenvalue weighted by molar-refractivity contribution is 7.31. The third-order valence-corrected chi connectivity index (χ3v) is 2.37. The molecule has 0 unspecified atom stereocenters. The van der Waals surface area contributed by atoms with Gasteiger partial charge in [-0.05, 0) is 11.4 Å². The van der Waals surface area contributed by atoms with Crippen LogP contribution in [0.15, 0.2) is 17.9 Å². The summed E-state index contributed by atoms with van der Waals surface area (Å²) in [5, 5.41) is 9.05. The lowest BCUT2D eigenvalue weighted by atomic mass is 10.2. The number of hydrogen-bond donors (Lipinski definition) is 2. The molecule has 1 rings (SSSR count). The second-order valence-electron chi connectivity index (χ2n) is 2.02. The Morgan fingerprint density at radius 1 is 1.73 bits per heavy atom. The van der Waals surface area contributed by atoms with Gasteiger partial charge in [0.15, 0.2) is 0 Å². The predicted octanol–water partition coefficient (Wildman–Crippen LogP) is 1.42. The van der Waals surface area contributed by atoms with Gasteiger partial charge in [-0.15, -0.1) is 0 Å². The van der Waals surface area contributed by atoms with E-state index in [0.717, 1.165) is 8.19 Å². The fourth-order valence-electron chi connectivity index (χ4n) is 0.796. The normalized spacial score (nSPS) is 10.3. The molecule has 4 heteroatoms. The van der Waals surface area contributed by atoms with Crippen LogP contribution in [0.4, 0.5) is 0 Å². The van der Waals surface area contributed by atoms with E-state index in [1.807, 2.05) is 6.07 Å². The minimum Gasteiger partial charge on any atom is -0.477 e. The maximum Gasteiger partial charge on any atom is 0.340 e. The van der Waals surface area contributed by atoms with Gasteiger partial charge in [0.1, 0.15) is 0 Å². The summed E-state index contributed by atoms with van der Waals surface area (Å²) >= 11 is 0. The molecular weight excluding hydrogens is 161 g/mol. The molecule has 0 amide bonds. The Hall–Kier alpha value is -0.920. The molecule has 0 aromatic carbocycles. The molecule has 0 aliphatic rings. The summed E-state index contributed by atoms with van der Waals surface area (Å²) in [7, 11) is 0.720. The van der Waals surface area contributed by atoms with Crippen molar-refractivity contribution in [2.45, 2.75) is 6.54 Å². The highest BCUT2D eigenvalue weighted by Crippen LogP contribution is 2.17. The first kappa shape index (κ1) is 8.18. The third kappa shape index (κ3) is 1.76. The standard InChI is InChI=1S/C7H8NO2P/c8-4-5-2-1-3-11-6(5)7(9)10/h1-3H,4,8H2,(H,9,10). The van der Waals surface area contributed by atoms with E-state index in [0.29, 0.717) is 17.4 Å². The van der Waals surface area contributed by atoms with Crippen LogP contribution in [0.5, 0.6) is 0 Å². The van der Waals surface area contributed by atoms with E-state index in [1.165, 1.54) is 0 Å². The van der Waals surface area contributed by atoms with Crippen LogP contribution in [0.2, 0.25) is 0 Å². The van der Waals surface area contributed by atoms with E-state index in [2.05, 4.69) is 0 Å². The van der Waals surface area contributed by atoms with Crippen LogP contribution in [0.25, 0.3) is 0 Å². The number of carboxylic acids is 1. The molecule has 0 saturated heterocycles. The molecule has 3 N–H and O–H groups in total. The number of rotatable bonds is 2. The van der Waals surface area contributed by atoms with E-state index in [-0.39, 0.29) is 0 Å². The van der Waals surface area contributed by atoms with Crippen LogP contribution >= 0.6 is 8.19 Å². The van der Waals surface area contributed by atoms with E-state index < -0.39 is 5.97 Å². The predicted molar refractivity (Wildman–Crippen MR) is 43.8 cm³/mol. The van der Waals surface area contributed by atoms with Crippen LogP contribution in [-0.2, 0) is 6.54 Å². The molecule has 1 aromatic rings. The SMILES string of the molecule is NCc1cccpc1C(=O)O. The van der Waals surface area contributed by atoms with Crippen molar-refractivity contribution in [3.8, 4) is 0 Å². The number of carboxylic acid groups (broad SMARTS) is 1. The lowest BCUT2D eigenvalue weighted by Crippen LogP contribution is -2.04. The average Bonchev–Trinajstić information content (AvgIpc) is 2.04. The number of hydrogen-bond acceptors (Lipinski definition) is 2. The van der Waals surface area contributed by atoms with E-state index in [9.17, 15) is 4.79 Å². The van der Waals surface area contributed by atoms with Crippen molar-refractivity contribution >= 4 is 14.2 Å². The fraction of sp³-hybridized carbons (Fsp3) is 0.143. The molecular formula is C7H8NO2P. The fourth-order valence-corrected chi connectivity index (χ4v) is 1.56. The first-order valence-electron chi connectivity index (χ1n) is 3.13. The molecule has 3 nitrogen and oxygen atoms in total. The summed E-state index contributed by atoms with van der Waals surface area (Å²) in [6.45, 7) is 0.291. The molecule has 0 bridgehead atoms. The maximum atomic E-state index is 10.5. The Labute approximate surface area is 66.0 Å². The van der Waals surface area contributed by atoms with E-state index in [4.69, 9.17) is 10.8 Å². The summed E-state index contributed by atoms with van der Waals surface area (Å²) < 4.78 is 0. The van der Waals surface area contributed by atoms with Crippen molar-refractivity contribution in [1.29, 1.82) is 0 Å². The van der Waals surface area contributed by atoms with Crippen LogP contribution in [-0.4, -0.2) is 11.1 Å². The van der Waals surface area contributed by atoms with Crippen LogP contribution in [0.1, 0.15) is 15.7 Å². The highest BCUT2D eigenvalue weighted by Gasteiger charge is 2.06. The molecule has 0 atom stereocenters. The lowest BCUT2D eigenvalue weighted by molar-refractivity contribution is 0.0701. The Kier molecular flexibility index (Phi) is 2.58. The van der Waals surface area contributed by atoms with Gasteiger partial charge < -0.3 is 10.8 Å². The molecule has 58 valence electrons. The summed E-state index contributed by atoms with van der Waals surface area (Å²) in [5.74, 6) is 0.899. The van der Waals surface area contributed by atoms with Crippen molar-refractivity contribution in [3.63, 3.8) is 0 Å². The second kappa shape index (κ2) is 3.46. The summed E-state index contributed by atoms with van der Waals surface area (Å²) in [6, 6.07) is 3.55. The van der Waals surface area contributed by atoms with Crippen LogP contribution in [0.3, 0.4) is 0 Å². The topological polar surface area (TPSA) is 63.3 Å².